The molecular formula is C9H18O4. The van der Waals surface area contributed by atoms with Crippen LogP contribution in [0.5, 0.6) is 0 Å². The van der Waals surface area contributed by atoms with Crippen LogP contribution in [0.2, 0.25) is 0 Å². The molecule has 1 unspecified atom stereocenters. The monoisotopic (exact) mass is 190 g/mol. The molecule has 0 saturated carbocycles. The average molecular weight is 190 g/mol. The van der Waals surface area contributed by atoms with Crippen molar-refractivity contribution in [2.24, 2.45) is 5.41 Å². The van der Waals surface area contributed by atoms with Gasteiger partial charge in [0, 0.05) is 5.41 Å². The Labute approximate surface area is 78.5 Å². The second-order valence-electron chi connectivity index (χ2n) is 3.81. The first-order valence-electron chi connectivity index (χ1n) is 4.44. The van der Waals surface area contributed by atoms with Gasteiger partial charge in [-0.05, 0) is 6.42 Å². The highest BCUT2D eigenvalue weighted by molar-refractivity contribution is 5.57. The van der Waals surface area contributed by atoms with Crippen LogP contribution < -0.4 is 0 Å². The maximum absolute atomic E-state index is 10.3. The molecule has 0 amide bonds. The lowest BCUT2D eigenvalue weighted by molar-refractivity contribution is -0.0321. The van der Waals surface area contributed by atoms with Gasteiger partial charge in [0.15, 0.2) is 0 Å². The molecule has 0 rings (SSSR count). The van der Waals surface area contributed by atoms with Gasteiger partial charge in [-0.3, -0.25) is 0 Å². The summed E-state index contributed by atoms with van der Waals surface area (Å²) in [6.07, 6.45) is -0.235. The van der Waals surface area contributed by atoms with E-state index in [4.69, 9.17) is 14.9 Å². The first-order chi connectivity index (χ1) is 5.94. The van der Waals surface area contributed by atoms with Gasteiger partial charge in [-0.25, -0.2) is 4.79 Å². The second-order valence-corrected chi connectivity index (χ2v) is 3.81. The van der Waals surface area contributed by atoms with Crippen molar-refractivity contribution in [1.29, 1.82) is 0 Å². The molecule has 0 fully saturated rings. The molecule has 0 heterocycles. The maximum Gasteiger partial charge on any atom is 0.506 e. The van der Waals surface area contributed by atoms with Gasteiger partial charge >= 0.3 is 6.16 Å². The molecule has 0 radical (unpaired) electrons. The predicted octanol–water partition coefficient (Wildman–Crippen LogP) is 1.87. The van der Waals surface area contributed by atoms with E-state index in [0.29, 0.717) is 6.42 Å². The molecule has 0 aromatic carbocycles. The van der Waals surface area contributed by atoms with E-state index in [2.05, 4.69) is 0 Å². The van der Waals surface area contributed by atoms with Crippen molar-refractivity contribution >= 4 is 6.16 Å². The van der Waals surface area contributed by atoms with E-state index in [0.717, 1.165) is 6.42 Å². The third-order valence-corrected chi connectivity index (χ3v) is 2.07. The average Bonchev–Trinajstić information content (AvgIpc) is 2.03. The van der Waals surface area contributed by atoms with Gasteiger partial charge < -0.3 is 14.9 Å². The summed E-state index contributed by atoms with van der Waals surface area (Å²) in [6.45, 7) is 5.45. The van der Waals surface area contributed by atoms with E-state index in [-0.39, 0.29) is 6.61 Å². The Bertz CT molecular complexity index is 165. The molecule has 0 aromatic rings. The topological polar surface area (TPSA) is 66.8 Å². The summed E-state index contributed by atoms with van der Waals surface area (Å²) in [4.78, 5) is 10.3. The van der Waals surface area contributed by atoms with E-state index in [9.17, 15) is 4.79 Å². The summed E-state index contributed by atoms with van der Waals surface area (Å²) < 4.78 is 4.70. The minimum Gasteiger partial charge on any atom is -0.450 e. The van der Waals surface area contributed by atoms with E-state index < -0.39 is 17.7 Å². The Morgan fingerprint density at radius 3 is 2.38 bits per heavy atom. The molecule has 0 aliphatic heterocycles. The smallest absolute Gasteiger partial charge is 0.450 e. The van der Waals surface area contributed by atoms with Gasteiger partial charge in [-0.1, -0.05) is 27.2 Å². The van der Waals surface area contributed by atoms with Crippen molar-refractivity contribution in [2.75, 3.05) is 6.61 Å². The number of aliphatic hydroxyl groups is 1. The zero-order valence-electron chi connectivity index (χ0n) is 8.41. The molecule has 0 aliphatic carbocycles. The van der Waals surface area contributed by atoms with Gasteiger partial charge in [0.2, 0.25) is 0 Å². The number of ether oxygens (including phenoxy) is 1. The van der Waals surface area contributed by atoms with Crippen LogP contribution in [0.4, 0.5) is 4.79 Å². The highest BCUT2D eigenvalue weighted by atomic mass is 16.7. The van der Waals surface area contributed by atoms with Crippen LogP contribution in [-0.2, 0) is 4.74 Å². The molecule has 2 N–H and O–H groups in total. The van der Waals surface area contributed by atoms with Crippen LogP contribution in [0.25, 0.3) is 0 Å². The highest BCUT2D eigenvalue weighted by Crippen LogP contribution is 2.26. The number of hydrogen-bond donors (Lipinski definition) is 2. The van der Waals surface area contributed by atoms with E-state index in [1.165, 1.54) is 0 Å². The van der Waals surface area contributed by atoms with Crippen LogP contribution >= 0.6 is 0 Å². The van der Waals surface area contributed by atoms with Gasteiger partial charge in [-0.2, -0.15) is 0 Å². The van der Waals surface area contributed by atoms with Gasteiger partial charge in [-0.15, -0.1) is 0 Å². The highest BCUT2D eigenvalue weighted by Gasteiger charge is 2.31. The largest absolute Gasteiger partial charge is 0.506 e. The van der Waals surface area contributed by atoms with Crippen molar-refractivity contribution in [3.05, 3.63) is 0 Å². The number of rotatable bonds is 5. The lowest BCUT2D eigenvalue weighted by Crippen LogP contribution is -2.36. The first kappa shape index (κ1) is 12.2. The lowest BCUT2D eigenvalue weighted by atomic mass is 9.85. The van der Waals surface area contributed by atoms with Crippen LogP contribution in [0.3, 0.4) is 0 Å². The standard InChI is InChI=1S/C9H18O4/c1-4-5-7(13-8(11)12)9(2,3)6-10/h7,10H,4-6H2,1-3H3,(H,11,12). The molecular weight excluding hydrogens is 172 g/mol. The second kappa shape index (κ2) is 5.07. The van der Waals surface area contributed by atoms with Crippen LogP contribution in [0, 0.1) is 5.41 Å². The fraction of sp³-hybridized carbons (Fsp3) is 0.889. The van der Waals surface area contributed by atoms with E-state index >= 15 is 0 Å². The molecule has 4 nitrogen and oxygen atoms in total. The molecule has 0 saturated heterocycles. The van der Waals surface area contributed by atoms with Crippen LogP contribution in [0.15, 0.2) is 0 Å². The maximum atomic E-state index is 10.3. The third-order valence-electron chi connectivity index (χ3n) is 2.07. The normalized spacial score (nSPS) is 13.8. The fourth-order valence-corrected chi connectivity index (χ4v) is 1.09. The minimum absolute atomic E-state index is 0.0784. The number of carboxylic acid groups (broad SMARTS) is 1. The van der Waals surface area contributed by atoms with Crippen molar-refractivity contribution in [3.63, 3.8) is 0 Å². The van der Waals surface area contributed by atoms with Crippen LogP contribution in [-0.4, -0.2) is 29.1 Å². The van der Waals surface area contributed by atoms with Gasteiger partial charge in [0.05, 0.1) is 6.61 Å². The summed E-state index contributed by atoms with van der Waals surface area (Å²) in [5, 5.41) is 17.5. The predicted molar refractivity (Wildman–Crippen MR) is 48.7 cm³/mol. The number of carbonyl (C=O) groups is 1. The molecule has 78 valence electrons. The van der Waals surface area contributed by atoms with E-state index in [1.54, 1.807) is 13.8 Å². The lowest BCUT2D eigenvalue weighted by Gasteiger charge is -2.30. The Balaban J connectivity index is 4.30. The summed E-state index contributed by atoms with van der Waals surface area (Å²) in [5.41, 5.74) is -0.506. The molecule has 13 heavy (non-hydrogen) atoms. The summed E-state index contributed by atoms with van der Waals surface area (Å²) in [6, 6.07) is 0. The summed E-state index contributed by atoms with van der Waals surface area (Å²) in [7, 11) is 0. The zero-order chi connectivity index (χ0) is 10.5. The molecule has 4 heteroatoms. The molecule has 0 bridgehead atoms. The summed E-state index contributed by atoms with van der Waals surface area (Å²) >= 11 is 0. The van der Waals surface area contributed by atoms with Crippen molar-refractivity contribution in [2.45, 2.75) is 39.7 Å². The SMILES string of the molecule is CCCC(OC(=O)O)C(C)(C)CO. The Hall–Kier alpha value is -0.770. The molecule has 1 atom stereocenters. The molecule has 0 aliphatic rings. The Morgan fingerprint density at radius 1 is 1.54 bits per heavy atom. The fourth-order valence-electron chi connectivity index (χ4n) is 1.09. The Morgan fingerprint density at radius 2 is 2.08 bits per heavy atom. The molecule has 0 spiro atoms. The zero-order valence-corrected chi connectivity index (χ0v) is 8.41. The Kier molecular flexibility index (Phi) is 4.77. The van der Waals surface area contributed by atoms with Crippen molar-refractivity contribution in [3.8, 4) is 0 Å². The van der Waals surface area contributed by atoms with Crippen LogP contribution in [0.1, 0.15) is 33.6 Å². The van der Waals surface area contributed by atoms with Gasteiger partial charge in [0.1, 0.15) is 6.10 Å². The quantitative estimate of drug-likeness (QED) is 0.649. The van der Waals surface area contributed by atoms with Crippen molar-refractivity contribution < 1.29 is 19.7 Å². The number of aliphatic hydroxyl groups excluding tert-OH is 1. The summed E-state index contributed by atoms with van der Waals surface area (Å²) in [5.74, 6) is 0. The first-order valence-corrected chi connectivity index (χ1v) is 4.44. The van der Waals surface area contributed by atoms with Crippen molar-refractivity contribution in [1.82, 2.24) is 0 Å². The molecule has 0 aromatic heterocycles. The third kappa shape index (κ3) is 4.12. The van der Waals surface area contributed by atoms with Gasteiger partial charge in [0.25, 0.3) is 0 Å². The number of hydrogen-bond acceptors (Lipinski definition) is 3. The minimum atomic E-state index is -1.28. The van der Waals surface area contributed by atoms with E-state index in [1.807, 2.05) is 6.92 Å².